The number of halogens is 1. The zero-order valence-electron chi connectivity index (χ0n) is 16.6. The van der Waals surface area contributed by atoms with Crippen LogP contribution in [0.5, 0.6) is 0 Å². The standard InChI is InChI=1S/C19H25BrN4O3S/c1-18(2,3)27-17(25)24-7-6-19(10-14(24)13-11-23(4)22-21-13)16-12(5-8-26-19)9-15(20)28-16/h9,11,14H,5-8,10H2,1-4H3/t14-,19-/m0/s1. The SMILES string of the molecule is Cn1cc([C@@H]2C[C@]3(CCN2C(=O)OC(C)(C)C)OCCc2cc(Br)sc23)nn1. The summed E-state index contributed by atoms with van der Waals surface area (Å²) in [5.74, 6) is 0. The van der Waals surface area contributed by atoms with Crippen LogP contribution >= 0.6 is 27.3 Å². The van der Waals surface area contributed by atoms with E-state index in [-0.39, 0.29) is 12.1 Å². The number of ether oxygens (including phenoxy) is 2. The van der Waals surface area contributed by atoms with E-state index in [9.17, 15) is 4.79 Å². The highest BCUT2D eigenvalue weighted by Crippen LogP contribution is 2.51. The maximum Gasteiger partial charge on any atom is 0.410 e. The van der Waals surface area contributed by atoms with E-state index >= 15 is 0 Å². The van der Waals surface area contributed by atoms with Gasteiger partial charge in [-0.2, -0.15) is 0 Å². The number of fused-ring (bicyclic) bond motifs is 2. The average molecular weight is 469 g/mol. The number of aryl methyl sites for hydroxylation is 1. The molecule has 4 heterocycles. The molecule has 2 aromatic heterocycles. The summed E-state index contributed by atoms with van der Waals surface area (Å²) in [5, 5.41) is 8.39. The summed E-state index contributed by atoms with van der Waals surface area (Å²) in [6, 6.07) is 1.95. The molecule has 1 spiro atoms. The summed E-state index contributed by atoms with van der Waals surface area (Å²) in [7, 11) is 1.83. The second-order valence-electron chi connectivity index (χ2n) is 8.46. The lowest BCUT2D eigenvalue weighted by molar-refractivity contribution is -0.112. The number of likely N-dealkylation sites (tertiary alicyclic amines) is 1. The minimum Gasteiger partial charge on any atom is -0.444 e. The van der Waals surface area contributed by atoms with Crippen LogP contribution in [-0.2, 0) is 28.5 Å². The van der Waals surface area contributed by atoms with E-state index in [2.05, 4.69) is 32.3 Å². The van der Waals surface area contributed by atoms with Gasteiger partial charge >= 0.3 is 6.09 Å². The fraction of sp³-hybridized carbons (Fsp3) is 0.632. The molecule has 0 N–H and O–H groups in total. The van der Waals surface area contributed by atoms with Crippen molar-refractivity contribution in [2.24, 2.45) is 7.05 Å². The molecule has 0 bridgehead atoms. The Kier molecular flexibility index (Phi) is 5.04. The molecular weight excluding hydrogens is 444 g/mol. The van der Waals surface area contributed by atoms with Crippen LogP contribution in [0.15, 0.2) is 16.0 Å². The summed E-state index contributed by atoms with van der Waals surface area (Å²) in [6.07, 6.45) is 3.86. The Labute approximate surface area is 177 Å². The number of hydrogen-bond donors (Lipinski definition) is 0. The van der Waals surface area contributed by atoms with Gasteiger partial charge in [0.15, 0.2) is 0 Å². The Morgan fingerprint density at radius 1 is 1.46 bits per heavy atom. The third-order valence-corrected chi connectivity index (χ3v) is 7.05. The molecule has 2 aromatic rings. The predicted molar refractivity (Wildman–Crippen MR) is 109 cm³/mol. The quantitative estimate of drug-likeness (QED) is 0.627. The van der Waals surface area contributed by atoms with Crippen LogP contribution in [0.3, 0.4) is 0 Å². The number of carbonyl (C=O) groups excluding carboxylic acids is 1. The molecule has 0 aromatic carbocycles. The van der Waals surface area contributed by atoms with Gasteiger partial charge in [-0.3, -0.25) is 9.58 Å². The molecule has 0 saturated carbocycles. The van der Waals surface area contributed by atoms with Gasteiger partial charge in [0.1, 0.15) is 16.9 Å². The van der Waals surface area contributed by atoms with Crippen molar-refractivity contribution in [1.82, 2.24) is 19.9 Å². The lowest BCUT2D eigenvalue weighted by atomic mass is 9.81. The minimum absolute atomic E-state index is 0.246. The number of aromatic nitrogens is 3. The maximum atomic E-state index is 12.9. The van der Waals surface area contributed by atoms with Crippen molar-refractivity contribution in [2.75, 3.05) is 13.2 Å². The monoisotopic (exact) mass is 468 g/mol. The summed E-state index contributed by atoms with van der Waals surface area (Å²) in [6.45, 7) is 6.88. The van der Waals surface area contributed by atoms with E-state index in [1.165, 1.54) is 10.4 Å². The molecule has 4 rings (SSSR count). The fourth-order valence-corrected chi connectivity index (χ4v) is 5.91. The highest BCUT2D eigenvalue weighted by molar-refractivity contribution is 9.11. The number of rotatable bonds is 1. The first-order valence-corrected chi connectivity index (χ1v) is 11.1. The van der Waals surface area contributed by atoms with E-state index in [0.717, 1.165) is 22.3 Å². The maximum absolute atomic E-state index is 12.9. The van der Waals surface area contributed by atoms with Gasteiger partial charge in [-0.05, 0) is 61.2 Å². The molecule has 0 radical (unpaired) electrons. The van der Waals surface area contributed by atoms with Crippen molar-refractivity contribution in [3.8, 4) is 0 Å². The molecule has 28 heavy (non-hydrogen) atoms. The Balaban J connectivity index is 1.69. The second kappa shape index (κ2) is 7.11. The van der Waals surface area contributed by atoms with Gasteiger partial charge in [0.25, 0.3) is 0 Å². The van der Waals surface area contributed by atoms with E-state index in [1.807, 2.05) is 34.0 Å². The van der Waals surface area contributed by atoms with E-state index < -0.39 is 11.2 Å². The number of hydrogen-bond acceptors (Lipinski definition) is 6. The number of thiophene rings is 1. The van der Waals surface area contributed by atoms with Crippen molar-refractivity contribution in [2.45, 2.75) is 57.3 Å². The van der Waals surface area contributed by atoms with Gasteiger partial charge < -0.3 is 9.47 Å². The number of carbonyl (C=O) groups is 1. The van der Waals surface area contributed by atoms with Crippen molar-refractivity contribution in [1.29, 1.82) is 0 Å². The van der Waals surface area contributed by atoms with E-state index in [1.54, 1.807) is 20.9 Å². The third kappa shape index (κ3) is 3.71. The molecule has 1 fully saturated rings. The molecule has 9 heteroatoms. The van der Waals surface area contributed by atoms with Crippen LogP contribution in [0, 0.1) is 0 Å². The fourth-order valence-electron chi connectivity index (χ4n) is 4.03. The summed E-state index contributed by atoms with van der Waals surface area (Å²) < 4.78 is 14.8. The lowest BCUT2D eigenvalue weighted by Gasteiger charge is -2.47. The zero-order valence-corrected chi connectivity index (χ0v) is 19.0. The zero-order chi connectivity index (χ0) is 20.1. The van der Waals surface area contributed by atoms with E-state index in [0.29, 0.717) is 19.6 Å². The molecule has 1 amide bonds. The molecule has 2 aliphatic rings. The Hall–Kier alpha value is -1.45. The molecule has 7 nitrogen and oxygen atoms in total. The summed E-state index contributed by atoms with van der Waals surface area (Å²) in [5.41, 5.74) is 1.16. The third-order valence-electron chi connectivity index (χ3n) is 5.19. The topological polar surface area (TPSA) is 69.5 Å². The minimum atomic E-state index is -0.549. The van der Waals surface area contributed by atoms with Crippen molar-refractivity contribution in [3.05, 3.63) is 32.2 Å². The molecule has 0 aliphatic carbocycles. The summed E-state index contributed by atoms with van der Waals surface area (Å²) >= 11 is 5.36. The number of piperidine rings is 1. The first-order valence-electron chi connectivity index (χ1n) is 9.45. The Bertz CT molecular complexity index is 890. The molecule has 1 saturated heterocycles. The van der Waals surface area contributed by atoms with Gasteiger partial charge in [0.2, 0.25) is 0 Å². The average Bonchev–Trinajstić information content (AvgIpc) is 3.19. The summed E-state index contributed by atoms with van der Waals surface area (Å²) in [4.78, 5) is 16.0. The smallest absolute Gasteiger partial charge is 0.410 e. The molecule has 152 valence electrons. The Morgan fingerprint density at radius 2 is 2.25 bits per heavy atom. The van der Waals surface area contributed by atoms with Crippen molar-refractivity contribution in [3.63, 3.8) is 0 Å². The van der Waals surface area contributed by atoms with E-state index in [4.69, 9.17) is 9.47 Å². The van der Waals surface area contributed by atoms with Crippen LogP contribution < -0.4 is 0 Å². The van der Waals surface area contributed by atoms with Crippen LogP contribution in [0.1, 0.15) is 55.8 Å². The van der Waals surface area contributed by atoms with Crippen LogP contribution in [0.2, 0.25) is 0 Å². The van der Waals surface area contributed by atoms with Crippen LogP contribution in [0.25, 0.3) is 0 Å². The second-order valence-corrected chi connectivity index (χ2v) is 10.9. The van der Waals surface area contributed by atoms with Crippen LogP contribution in [-0.4, -0.2) is 44.7 Å². The lowest BCUT2D eigenvalue weighted by Crippen LogP contribution is -2.50. The highest BCUT2D eigenvalue weighted by Gasteiger charge is 2.49. The van der Waals surface area contributed by atoms with Gasteiger partial charge in [-0.25, -0.2) is 4.79 Å². The predicted octanol–water partition coefficient (Wildman–Crippen LogP) is 4.18. The first kappa shape index (κ1) is 19.8. The molecule has 2 aliphatic heterocycles. The molecular formula is C19H25BrN4O3S. The van der Waals surface area contributed by atoms with Gasteiger partial charge in [-0.1, -0.05) is 5.21 Å². The number of amides is 1. The Morgan fingerprint density at radius 3 is 2.93 bits per heavy atom. The van der Waals surface area contributed by atoms with Crippen molar-refractivity contribution >= 4 is 33.4 Å². The normalized spacial score (nSPS) is 25.0. The first-order chi connectivity index (χ1) is 13.2. The van der Waals surface area contributed by atoms with Gasteiger partial charge in [0, 0.05) is 24.9 Å². The van der Waals surface area contributed by atoms with Gasteiger partial charge in [0.05, 0.1) is 22.6 Å². The highest BCUT2D eigenvalue weighted by atomic mass is 79.9. The molecule has 2 atom stereocenters. The van der Waals surface area contributed by atoms with Gasteiger partial charge in [-0.15, -0.1) is 16.4 Å². The molecule has 0 unspecified atom stereocenters. The largest absolute Gasteiger partial charge is 0.444 e. The number of nitrogens with zero attached hydrogens (tertiary/aromatic N) is 4. The van der Waals surface area contributed by atoms with Crippen LogP contribution in [0.4, 0.5) is 4.79 Å². The van der Waals surface area contributed by atoms with Crippen molar-refractivity contribution < 1.29 is 14.3 Å².